The molecule has 1 fully saturated rings. The van der Waals surface area contributed by atoms with Crippen molar-refractivity contribution in [2.24, 2.45) is 0 Å². The number of rotatable bonds is 4. The molecule has 1 saturated heterocycles. The molecule has 3 aromatic rings. The molecule has 4 rings (SSSR count). The van der Waals surface area contributed by atoms with Gasteiger partial charge in [-0.3, -0.25) is 4.79 Å². The average molecular weight is 354 g/mol. The molecule has 0 bridgehead atoms. The number of carbonyl (C=O) groups is 1. The number of hydrogen-bond donors (Lipinski definition) is 1. The standard InChI is InChI=1S/C18H19FN6O/c1-12-14(19)5-4-6-15(12)23-16(26)10-25-18-13(9-22-25)17(20-11-21-18)24-7-2-3-8-24/h4-6,9,11H,2-3,7-8,10H2,1H3,(H,23,26). The molecule has 1 aromatic carbocycles. The van der Waals surface area contributed by atoms with E-state index in [2.05, 4.69) is 25.3 Å². The van der Waals surface area contributed by atoms with Gasteiger partial charge in [0.1, 0.15) is 24.5 Å². The summed E-state index contributed by atoms with van der Waals surface area (Å²) in [6.45, 7) is 3.56. The van der Waals surface area contributed by atoms with Crippen molar-refractivity contribution in [1.82, 2.24) is 19.7 Å². The number of nitrogens with zero attached hydrogens (tertiary/aromatic N) is 5. The topological polar surface area (TPSA) is 75.9 Å². The lowest BCUT2D eigenvalue weighted by Gasteiger charge is -2.16. The lowest BCUT2D eigenvalue weighted by atomic mass is 10.2. The quantitative estimate of drug-likeness (QED) is 0.779. The molecule has 0 aliphatic carbocycles. The van der Waals surface area contributed by atoms with Crippen molar-refractivity contribution in [2.45, 2.75) is 26.3 Å². The van der Waals surface area contributed by atoms with Crippen LogP contribution in [0.3, 0.4) is 0 Å². The Kier molecular flexibility index (Phi) is 4.24. The summed E-state index contributed by atoms with van der Waals surface area (Å²) in [7, 11) is 0. The maximum atomic E-state index is 13.6. The van der Waals surface area contributed by atoms with Crippen molar-refractivity contribution in [2.75, 3.05) is 23.3 Å². The molecular weight excluding hydrogens is 335 g/mol. The lowest BCUT2D eigenvalue weighted by molar-refractivity contribution is -0.116. The predicted molar refractivity (Wildman–Crippen MR) is 96.5 cm³/mol. The fourth-order valence-corrected chi connectivity index (χ4v) is 3.25. The molecule has 0 spiro atoms. The van der Waals surface area contributed by atoms with E-state index in [4.69, 9.17) is 0 Å². The molecule has 1 aliphatic rings. The van der Waals surface area contributed by atoms with Crippen LogP contribution in [0.5, 0.6) is 0 Å². The van der Waals surface area contributed by atoms with E-state index in [9.17, 15) is 9.18 Å². The third-order valence-corrected chi connectivity index (χ3v) is 4.65. The van der Waals surface area contributed by atoms with Crippen LogP contribution in [0.15, 0.2) is 30.7 Å². The Morgan fingerprint density at radius 3 is 2.88 bits per heavy atom. The Morgan fingerprint density at radius 1 is 1.27 bits per heavy atom. The van der Waals surface area contributed by atoms with Gasteiger partial charge in [0.2, 0.25) is 5.91 Å². The summed E-state index contributed by atoms with van der Waals surface area (Å²) in [4.78, 5) is 23.3. The Hall–Kier alpha value is -3.03. The Bertz CT molecular complexity index is 963. The normalized spacial score (nSPS) is 14.2. The first-order valence-corrected chi connectivity index (χ1v) is 8.60. The van der Waals surface area contributed by atoms with Crippen molar-refractivity contribution in [3.63, 3.8) is 0 Å². The van der Waals surface area contributed by atoms with Gasteiger partial charge in [-0.15, -0.1) is 0 Å². The largest absolute Gasteiger partial charge is 0.356 e. The predicted octanol–water partition coefficient (Wildman–Crippen LogP) is 2.51. The van der Waals surface area contributed by atoms with Crippen LogP contribution >= 0.6 is 0 Å². The van der Waals surface area contributed by atoms with Crippen molar-refractivity contribution in [3.8, 4) is 0 Å². The number of nitrogens with one attached hydrogen (secondary N) is 1. The highest BCUT2D eigenvalue weighted by Crippen LogP contribution is 2.25. The smallest absolute Gasteiger partial charge is 0.246 e. The van der Waals surface area contributed by atoms with Crippen LogP contribution in [-0.2, 0) is 11.3 Å². The van der Waals surface area contributed by atoms with Crippen LogP contribution in [0, 0.1) is 12.7 Å². The number of hydrogen-bond acceptors (Lipinski definition) is 5. The average Bonchev–Trinajstić information content (AvgIpc) is 3.29. The molecule has 0 saturated carbocycles. The Morgan fingerprint density at radius 2 is 2.08 bits per heavy atom. The van der Waals surface area contributed by atoms with E-state index in [-0.39, 0.29) is 18.3 Å². The van der Waals surface area contributed by atoms with E-state index >= 15 is 0 Å². The summed E-state index contributed by atoms with van der Waals surface area (Å²) in [5.74, 6) is 0.223. The van der Waals surface area contributed by atoms with Gasteiger partial charge >= 0.3 is 0 Å². The highest BCUT2D eigenvalue weighted by Gasteiger charge is 2.19. The minimum atomic E-state index is -0.352. The molecule has 3 heterocycles. The molecule has 0 unspecified atom stereocenters. The van der Waals surface area contributed by atoms with E-state index in [1.54, 1.807) is 29.9 Å². The first kappa shape index (κ1) is 16.4. The first-order chi connectivity index (χ1) is 12.6. The molecule has 0 radical (unpaired) electrons. The molecule has 26 heavy (non-hydrogen) atoms. The fourth-order valence-electron chi connectivity index (χ4n) is 3.25. The summed E-state index contributed by atoms with van der Waals surface area (Å²) in [5.41, 5.74) is 1.48. The fraction of sp³-hybridized carbons (Fsp3) is 0.333. The molecule has 1 aliphatic heterocycles. The zero-order chi connectivity index (χ0) is 18.1. The second-order valence-electron chi connectivity index (χ2n) is 6.39. The summed E-state index contributed by atoms with van der Waals surface area (Å²) in [6.07, 6.45) is 5.50. The number of carbonyl (C=O) groups excluding carboxylic acids is 1. The van der Waals surface area contributed by atoms with Crippen LogP contribution in [0.4, 0.5) is 15.9 Å². The van der Waals surface area contributed by atoms with Crippen molar-refractivity contribution in [1.29, 1.82) is 0 Å². The van der Waals surface area contributed by atoms with Gasteiger partial charge in [0.05, 0.1) is 11.6 Å². The van der Waals surface area contributed by atoms with E-state index < -0.39 is 0 Å². The van der Waals surface area contributed by atoms with E-state index in [0.717, 1.165) is 37.1 Å². The van der Waals surface area contributed by atoms with Crippen LogP contribution in [0.1, 0.15) is 18.4 Å². The molecule has 2 aromatic heterocycles. The van der Waals surface area contributed by atoms with Crippen molar-refractivity contribution < 1.29 is 9.18 Å². The molecule has 134 valence electrons. The number of halogens is 1. The second kappa shape index (κ2) is 6.70. The zero-order valence-electron chi connectivity index (χ0n) is 14.4. The van der Waals surface area contributed by atoms with Crippen LogP contribution in [0.2, 0.25) is 0 Å². The van der Waals surface area contributed by atoms with Gasteiger partial charge in [-0.1, -0.05) is 6.07 Å². The summed E-state index contributed by atoms with van der Waals surface area (Å²) in [5, 5.41) is 7.87. The third-order valence-electron chi connectivity index (χ3n) is 4.65. The van der Waals surface area contributed by atoms with Crippen molar-refractivity contribution in [3.05, 3.63) is 42.1 Å². The van der Waals surface area contributed by atoms with E-state index in [1.807, 2.05) is 0 Å². The van der Waals surface area contributed by atoms with Gasteiger partial charge < -0.3 is 10.2 Å². The maximum absolute atomic E-state index is 13.6. The lowest BCUT2D eigenvalue weighted by Crippen LogP contribution is -2.21. The van der Waals surface area contributed by atoms with E-state index in [0.29, 0.717) is 16.9 Å². The van der Waals surface area contributed by atoms with Gasteiger partial charge in [-0.25, -0.2) is 19.0 Å². The minimum absolute atomic E-state index is 0.00406. The van der Waals surface area contributed by atoms with Gasteiger partial charge in [-0.2, -0.15) is 5.10 Å². The van der Waals surface area contributed by atoms with Crippen LogP contribution < -0.4 is 10.2 Å². The van der Waals surface area contributed by atoms with Crippen LogP contribution in [0.25, 0.3) is 11.0 Å². The molecular formula is C18H19FN6O. The monoisotopic (exact) mass is 354 g/mol. The third kappa shape index (κ3) is 2.98. The number of anilines is 2. The molecule has 1 amide bonds. The summed E-state index contributed by atoms with van der Waals surface area (Å²) in [6, 6.07) is 4.60. The molecule has 8 heteroatoms. The molecule has 0 atom stereocenters. The Balaban J connectivity index is 1.56. The molecule has 7 nitrogen and oxygen atoms in total. The van der Waals surface area contributed by atoms with Crippen LogP contribution in [-0.4, -0.2) is 38.7 Å². The number of benzene rings is 1. The minimum Gasteiger partial charge on any atom is -0.356 e. The highest BCUT2D eigenvalue weighted by atomic mass is 19.1. The summed E-state index contributed by atoms with van der Waals surface area (Å²) < 4.78 is 15.2. The second-order valence-corrected chi connectivity index (χ2v) is 6.39. The number of aromatic nitrogens is 4. The maximum Gasteiger partial charge on any atom is 0.246 e. The first-order valence-electron chi connectivity index (χ1n) is 8.60. The number of fused-ring (bicyclic) bond motifs is 1. The van der Waals surface area contributed by atoms with E-state index in [1.165, 1.54) is 12.4 Å². The highest BCUT2D eigenvalue weighted by molar-refractivity contribution is 5.93. The van der Waals surface area contributed by atoms with Gasteiger partial charge in [-0.05, 0) is 31.9 Å². The Labute approximate surface area is 149 Å². The van der Waals surface area contributed by atoms with Gasteiger partial charge in [0.15, 0.2) is 5.65 Å². The zero-order valence-corrected chi connectivity index (χ0v) is 14.4. The van der Waals surface area contributed by atoms with Gasteiger partial charge in [0, 0.05) is 24.3 Å². The number of amides is 1. The molecule has 1 N–H and O–H groups in total. The summed E-state index contributed by atoms with van der Waals surface area (Å²) >= 11 is 0. The SMILES string of the molecule is Cc1c(F)cccc1NC(=O)Cn1ncc2c(N3CCCC3)ncnc21. The van der Waals surface area contributed by atoms with Crippen molar-refractivity contribution >= 4 is 28.4 Å². The van der Waals surface area contributed by atoms with Gasteiger partial charge in [0.25, 0.3) is 0 Å².